The Balaban J connectivity index is 3.14. The van der Waals surface area contributed by atoms with Crippen LogP contribution in [0.25, 0.3) is 0 Å². The van der Waals surface area contributed by atoms with Gasteiger partial charge in [-0.15, -0.1) is 0 Å². The number of hydrogen-bond acceptors (Lipinski definition) is 5. The van der Waals surface area contributed by atoms with Gasteiger partial charge < -0.3 is 0 Å². The van der Waals surface area contributed by atoms with Crippen LogP contribution in [0.4, 0.5) is 5.69 Å². The first kappa shape index (κ1) is 13.3. The minimum Gasteiger partial charge on any atom is -0.293 e. The molecular weight excluding hydrogens is 246 g/mol. The highest BCUT2D eigenvalue weighted by Gasteiger charge is 2.25. The molecule has 1 unspecified atom stereocenters. The van der Waals surface area contributed by atoms with E-state index in [1.165, 1.54) is 25.1 Å². The molecule has 0 aromatic heterocycles. The fraction of sp³-hybridized carbons (Fsp3) is 0.300. The molecule has 6 nitrogen and oxygen atoms in total. The van der Waals surface area contributed by atoms with Crippen LogP contribution in [0.15, 0.2) is 24.3 Å². The number of Topliss-reactive ketones (excluding diaryl/α,β-unsaturated/α-hetero) is 1. The normalized spacial score (nSPS) is 13.1. The van der Waals surface area contributed by atoms with Crippen molar-refractivity contribution >= 4 is 21.3 Å². The third kappa shape index (κ3) is 3.10. The van der Waals surface area contributed by atoms with E-state index in [1.807, 2.05) is 0 Å². The van der Waals surface area contributed by atoms with Crippen LogP contribution in [0.5, 0.6) is 0 Å². The molecule has 0 spiro atoms. The van der Waals surface area contributed by atoms with Crippen molar-refractivity contribution in [3.63, 3.8) is 0 Å². The van der Waals surface area contributed by atoms with Crippen molar-refractivity contribution in [2.45, 2.75) is 12.2 Å². The van der Waals surface area contributed by atoms with Gasteiger partial charge in [-0.3, -0.25) is 14.9 Å². The molecule has 0 heterocycles. The van der Waals surface area contributed by atoms with E-state index >= 15 is 0 Å². The molecule has 0 saturated heterocycles. The van der Waals surface area contributed by atoms with Crippen LogP contribution >= 0.6 is 0 Å². The lowest BCUT2D eigenvalue weighted by atomic mass is 10.1. The summed E-state index contributed by atoms with van der Waals surface area (Å²) in [5.41, 5.74) is -0.214. The highest BCUT2D eigenvalue weighted by molar-refractivity contribution is 7.92. The summed E-state index contributed by atoms with van der Waals surface area (Å²) in [5.74, 6) is -0.642. The molecule has 0 aliphatic rings. The van der Waals surface area contributed by atoms with Crippen LogP contribution in [-0.2, 0) is 9.84 Å². The minimum atomic E-state index is -3.50. The van der Waals surface area contributed by atoms with Crippen molar-refractivity contribution in [2.75, 3.05) is 6.26 Å². The first-order valence-electron chi connectivity index (χ1n) is 4.71. The maximum absolute atomic E-state index is 11.8. The van der Waals surface area contributed by atoms with Crippen molar-refractivity contribution in [3.05, 3.63) is 39.9 Å². The van der Waals surface area contributed by atoms with Gasteiger partial charge in [0, 0.05) is 24.0 Å². The molecule has 0 aliphatic carbocycles. The molecular formula is C10H11NO5S. The number of nitro groups is 1. The quantitative estimate of drug-likeness (QED) is 0.459. The van der Waals surface area contributed by atoms with E-state index in [0.29, 0.717) is 0 Å². The number of nitrogens with zero attached hydrogens (tertiary/aromatic N) is 1. The monoisotopic (exact) mass is 257 g/mol. The second kappa shape index (κ2) is 4.62. The molecule has 0 aliphatic heterocycles. The van der Waals surface area contributed by atoms with Crippen molar-refractivity contribution in [1.82, 2.24) is 0 Å². The second-order valence-corrected chi connectivity index (χ2v) is 6.01. The first-order chi connectivity index (χ1) is 7.73. The molecule has 1 atom stereocenters. The van der Waals surface area contributed by atoms with Gasteiger partial charge in [0.25, 0.3) is 5.69 Å². The number of ketones is 1. The minimum absolute atomic E-state index is 0.0251. The number of non-ortho nitro benzene ring substituents is 1. The summed E-state index contributed by atoms with van der Waals surface area (Å²) in [5, 5.41) is 9.31. The lowest BCUT2D eigenvalue weighted by molar-refractivity contribution is -0.384. The van der Waals surface area contributed by atoms with Crippen LogP contribution in [0.2, 0.25) is 0 Å². The molecule has 0 amide bonds. The highest BCUT2D eigenvalue weighted by Crippen LogP contribution is 2.16. The van der Waals surface area contributed by atoms with Gasteiger partial charge in [-0.05, 0) is 6.92 Å². The Kier molecular flexibility index (Phi) is 3.62. The molecule has 1 aromatic rings. The predicted molar refractivity (Wildman–Crippen MR) is 61.7 cm³/mol. The second-order valence-electron chi connectivity index (χ2n) is 3.64. The Labute approximate surface area is 98.3 Å². The van der Waals surface area contributed by atoms with Crippen LogP contribution in [0.3, 0.4) is 0 Å². The van der Waals surface area contributed by atoms with Gasteiger partial charge in [-0.25, -0.2) is 8.42 Å². The van der Waals surface area contributed by atoms with E-state index in [1.54, 1.807) is 0 Å². The Morgan fingerprint density at radius 2 is 2.00 bits per heavy atom. The molecule has 92 valence electrons. The summed E-state index contributed by atoms with van der Waals surface area (Å²) in [6, 6.07) is 5.02. The molecule has 17 heavy (non-hydrogen) atoms. The van der Waals surface area contributed by atoms with Gasteiger partial charge in [0.05, 0.1) is 4.92 Å². The van der Waals surface area contributed by atoms with E-state index in [0.717, 1.165) is 12.3 Å². The fourth-order valence-corrected chi connectivity index (χ4v) is 1.73. The van der Waals surface area contributed by atoms with E-state index in [2.05, 4.69) is 0 Å². The average Bonchev–Trinajstić information content (AvgIpc) is 2.26. The summed E-state index contributed by atoms with van der Waals surface area (Å²) in [6.07, 6.45) is 0.951. The van der Waals surface area contributed by atoms with Crippen molar-refractivity contribution in [3.8, 4) is 0 Å². The average molecular weight is 257 g/mol. The zero-order chi connectivity index (χ0) is 13.2. The number of rotatable bonds is 4. The molecule has 7 heteroatoms. The number of sulfone groups is 1. The summed E-state index contributed by atoms with van der Waals surface area (Å²) >= 11 is 0. The maximum atomic E-state index is 11.8. The third-order valence-corrected chi connectivity index (χ3v) is 3.85. The van der Waals surface area contributed by atoms with Crippen molar-refractivity contribution < 1.29 is 18.1 Å². The molecule has 0 radical (unpaired) electrons. The van der Waals surface area contributed by atoms with Crippen LogP contribution in [0.1, 0.15) is 17.3 Å². The topological polar surface area (TPSA) is 94.3 Å². The number of carbonyl (C=O) groups excluding carboxylic acids is 1. The zero-order valence-electron chi connectivity index (χ0n) is 9.28. The molecule has 1 rings (SSSR count). The molecule has 1 aromatic carbocycles. The standard InChI is InChI=1S/C10H11NO5S/c1-7(17(2,15)16)10(12)8-4-3-5-9(6-8)11(13)14/h3-7H,1-2H3. The molecule has 0 N–H and O–H groups in total. The Hall–Kier alpha value is -1.76. The summed E-state index contributed by atoms with van der Waals surface area (Å²) in [7, 11) is -3.50. The highest BCUT2D eigenvalue weighted by atomic mass is 32.2. The number of nitro benzene ring substituents is 1. The first-order valence-corrected chi connectivity index (χ1v) is 6.66. The van der Waals surface area contributed by atoms with Gasteiger partial charge >= 0.3 is 0 Å². The largest absolute Gasteiger partial charge is 0.293 e. The third-order valence-electron chi connectivity index (χ3n) is 2.35. The number of hydrogen-bond donors (Lipinski definition) is 0. The smallest absolute Gasteiger partial charge is 0.270 e. The van der Waals surface area contributed by atoms with Crippen molar-refractivity contribution in [1.29, 1.82) is 0 Å². The zero-order valence-corrected chi connectivity index (χ0v) is 10.1. The molecule has 0 saturated carbocycles. The van der Waals surface area contributed by atoms with Crippen LogP contribution < -0.4 is 0 Å². The van der Waals surface area contributed by atoms with Gasteiger partial charge in [-0.2, -0.15) is 0 Å². The van der Waals surface area contributed by atoms with Crippen LogP contribution in [-0.4, -0.2) is 30.6 Å². The fourth-order valence-electron chi connectivity index (χ4n) is 1.20. The Bertz CT molecular complexity index is 564. The van der Waals surface area contributed by atoms with E-state index < -0.39 is 25.8 Å². The van der Waals surface area contributed by atoms with Crippen LogP contribution in [0, 0.1) is 10.1 Å². The van der Waals surface area contributed by atoms with Gasteiger partial charge in [0.1, 0.15) is 5.25 Å². The number of benzene rings is 1. The predicted octanol–water partition coefficient (Wildman–Crippen LogP) is 1.21. The lowest BCUT2D eigenvalue weighted by Crippen LogP contribution is -2.26. The maximum Gasteiger partial charge on any atom is 0.270 e. The summed E-state index contributed by atoms with van der Waals surface area (Å²) < 4.78 is 22.4. The summed E-state index contributed by atoms with van der Waals surface area (Å²) in [4.78, 5) is 21.6. The van der Waals surface area contributed by atoms with E-state index in [9.17, 15) is 23.3 Å². The van der Waals surface area contributed by atoms with Gasteiger partial charge in [-0.1, -0.05) is 12.1 Å². The SMILES string of the molecule is CC(C(=O)c1cccc([N+](=O)[O-])c1)S(C)(=O)=O. The number of carbonyl (C=O) groups is 1. The van der Waals surface area contributed by atoms with E-state index in [4.69, 9.17) is 0 Å². The Morgan fingerprint density at radius 3 is 2.47 bits per heavy atom. The lowest BCUT2D eigenvalue weighted by Gasteiger charge is -2.07. The van der Waals surface area contributed by atoms with Gasteiger partial charge in [0.2, 0.25) is 0 Å². The van der Waals surface area contributed by atoms with Crippen molar-refractivity contribution in [2.24, 2.45) is 0 Å². The Morgan fingerprint density at radius 1 is 1.41 bits per heavy atom. The van der Waals surface area contributed by atoms with E-state index in [-0.39, 0.29) is 11.3 Å². The molecule has 0 fully saturated rings. The summed E-state index contributed by atoms with van der Waals surface area (Å²) in [6.45, 7) is 1.26. The van der Waals surface area contributed by atoms with Gasteiger partial charge in [0.15, 0.2) is 15.6 Å². The molecule has 0 bridgehead atoms.